The fraction of sp³-hybridized carbons (Fsp3) is 1.00. The van der Waals surface area contributed by atoms with Gasteiger partial charge in [-0.2, -0.15) is 0 Å². The van der Waals surface area contributed by atoms with Crippen LogP contribution in [0.4, 0.5) is 0 Å². The molecule has 0 saturated heterocycles. The smallest absolute Gasteiger partial charge is 0.0766 e. The average molecular weight is 214 g/mol. The van der Waals surface area contributed by atoms with Crippen LogP contribution in [0.1, 0.15) is 52.4 Å². The molecule has 1 aliphatic carbocycles. The Labute approximate surface area is 93.4 Å². The first-order chi connectivity index (χ1) is 7.09. The van der Waals surface area contributed by atoms with Gasteiger partial charge in [-0.1, -0.05) is 13.8 Å². The van der Waals surface area contributed by atoms with Gasteiger partial charge in [-0.15, -0.1) is 0 Å². The second-order valence-corrected chi connectivity index (χ2v) is 4.92. The highest BCUT2D eigenvalue weighted by molar-refractivity contribution is 4.83. The minimum Gasteiger partial charge on any atom is -0.389 e. The third kappa shape index (κ3) is 4.09. The molecule has 0 spiro atoms. The monoisotopic (exact) mass is 214 g/mol. The molecule has 0 aromatic rings. The van der Waals surface area contributed by atoms with Crippen LogP contribution in [-0.2, 0) is 0 Å². The van der Waals surface area contributed by atoms with E-state index >= 15 is 0 Å². The fourth-order valence-electron chi connectivity index (χ4n) is 2.16. The Morgan fingerprint density at radius 2 is 1.73 bits per heavy atom. The maximum Gasteiger partial charge on any atom is 0.0766 e. The Hall–Kier alpha value is -0.120. The first kappa shape index (κ1) is 12.9. The van der Waals surface area contributed by atoms with Gasteiger partial charge in [-0.25, -0.2) is 0 Å². The molecule has 0 radical (unpaired) electrons. The van der Waals surface area contributed by atoms with Crippen LogP contribution in [0.25, 0.3) is 0 Å². The van der Waals surface area contributed by atoms with E-state index in [-0.39, 0.29) is 0 Å². The number of hydrogen-bond donors (Lipinski definition) is 3. The molecule has 0 heterocycles. The summed E-state index contributed by atoms with van der Waals surface area (Å²) in [7, 11) is 0. The molecule has 0 atom stereocenters. The summed E-state index contributed by atoms with van der Waals surface area (Å²) in [6.07, 6.45) is 6.20. The lowest BCUT2D eigenvalue weighted by atomic mass is 9.90. The molecule has 3 nitrogen and oxygen atoms in total. The Bertz CT molecular complexity index is 172. The summed E-state index contributed by atoms with van der Waals surface area (Å²) in [6, 6.07) is 0.966. The van der Waals surface area contributed by atoms with Crippen molar-refractivity contribution in [2.75, 3.05) is 6.54 Å². The highest BCUT2D eigenvalue weighted by atomic mass is 16.3. The highest BCUT2D eigenvalue weighted by Crippen LogP contribution is 2.19. The molecule has 1 aliphatic rings. The maximum absolute atomic E-state index is 10.1. The van der Waals surface area contributed by atoms with Gasteiger partial charge in [-0.3, -0.25) is 0 Å². The van der Waals surface area contributed by atoms with E-state index < -0.39 is 5.60 Å². The number of rotatable bonds is 5. The van der Waals surface area contributed by atoms with Gasteiger partial charge in [0, 0.05) is 18.6 Å². The predicted octanol–water partition coefficient (Wildman–Crippen LogP) is 1.40. The second-order valence-electron chi connectivity index (χ2n) is 4.92. The number of nitrogens with two attached hydrogens (primary N) is 1. The molecule has 4 N–H and O–H groups in total. The largest absolute Gasteiger partial charge is 0.389 e. The van der Waals surface area contributed by atoms with Crippen molar-refractivity contribution < 1.29 is 5.11 Å². The van der Waals surface area contributed by atoms with Gasteiger partial charge in [0.05, 0.1) is 5.60 Å². The van der Waals surface area contributed by atoms with Gasteiger partial charge in [0.15, 0.2) is 0 Å². The lowest BCUT2D eigenvalue weighted by molar-refractivity contribution is 0.0285. The van der Waals surface area contributed by atoms with Crippen LogP contribution in [0.15, 0.2) is 0 Å². The van der Waals surface area contributed by atoms with E-state index in [0.29, 0.717) is 12.1 Å². The summed E-state index contributed by atoms with van der Waals surface area (Å²) in [5.41, 5.74) is 5.34. The topological polar surface area (TPSA) is 58.3 Å². The third-order valence-corrected chi connectivity index (χ3v) is 3.81. The predicted molar refractivity (Wildman–Crippen MR) is 63.8 cm³/mol. The molecule has 0 bridgehead atoms. The zero-order valence-corrected chi connectivity index (χ0v) is 10.1. The average Bonchev–Trinajstić information content (AvgIpc) is 2.28. The van der Waals surface area contributed by atoms with Crippen molar-refractivity contribution in [3.05, 3.63) is 0 Å². The van der Waals surface area contributed by atoms with E-state index in [1.807, 2.05) is 13.8 Å². The van der Waals surface area contributed by atoms with E-state index in [4.69, 9.17) is 5.73 Å². The van der Waals surface area contributed by atoms with E-state index in [0.717, 1.165) is 45.1 Å². The van der Waals surface area contributed by atoms with Gasteiger partial charge < -0.3 is 16.2 Å². The van der Waals surface area contributed by atoms with Crippen molar-refractivity contribution in [2.45, 2.75) is 70.1 Å². The van der Waals surface area contributed by atoms with Crippen molar-refractivity contribution >= 4 is 0 Å². The maximum atomic E-state index is 10.1. The minimum absolute atomic E-state index is 0.402. The molecule has 3 heteroatoms. The van der Waals surface area contributed by atoms with E-state index in [1.54, 1.807) is 0 Å². The van der Waals surface area contributed by atoms with Gasteiger partial charge in [0.25, 0.3) is 0 Å². The molecule has 0 aliphatic heterocycles. The summed E-state index contributed by atoms with van der Waals surface area (Å²) in [4.78, 5) is 0. The van der Waals surface area contributed by atoms with Crippen molar-refractivity contribution in [1.29, 1.82) is 0 Å². The second kappa shape index (κ2) is 5.83. The van der Waals surface area contributed by atoms with E-state index in [1.165, 1.54) is 0 Å². The van der Waals surface area contributed by atoms with Crippen LogP contribution in [0.3, 0.4) is 0 Å². The zero-order valence-electron chi connectivity index (χ0n) is 10.1. The third-order valence-electron chi connectivity index (χ3n) is 3.81. The molecule has 0 aromatic carbocycles. The van der Waals surface area contributed by atoms with Gasteiger partial charge >= 0.3 is 0 Å². The SMILES string of the molecule is CCC(O)(CC)CNC1CCC(N)CC1. The molecule has 90 valence electrons. The fourth-order valence-corrected chi connectivity index (χ4v) is 2.16. The standard InChI is InChI=1S/C12H26N2O/c1-3-12(15,4-2)9-14-11-7-5-10(13)6-8-11/h10-11,14-15H,3-9,13H2,1-2H3. The van der Waals surface area contributed by atoms with Gasteiger partial charge in [-0.05, 0) is 38.5 Å². The Morgan fingerprint density at radius 1 is 1.20 bits per heavy atom. The summed E-state index contributed by atoms with van der Waals surface area (Å²) in [5.74, 6) is 0. The van der Waals surface area contributed by atoms with Crippen LogP contribution < -0.4 is 11.1 Å². The summed E-state index contributed by atoms with van der Waals surface area (Å²) in [5, 5.41) is 13.6. The van der Waals surface area contributed by atoms with Crippen LogP contribution in [0.5, 0.6) is 0 Å². The Kier molecular flexibility index (Phi) is 5.03. The number of hydrogen-bond acceptors (Lipinski definition) is 3. The first-order valence-electron chi connectivity index (χ1n) is 6.31. The quantitative estimate of drug-likeness (QED) is 0.648. The van der Waals surface area contributed by atoms with Crippen molar-refractivity contribution in [2.24, 2.45) is 5.73 Å². The molecule has 0 amide bonds. The lowest BCUT2D eigenvalue weighted by Crippen LogP contribution is -2.46. The van der Waals surface area contributed by atoms with Crippen molar-refractivity contribution in [3.63, 3.8) is 0 Å². The zero-order chi connectivity index (χ0) is 11.3. The van der Waals surface area contributed by atoms with Crippen LogP contribution in [0, 0.1) is 0 Å². The lowest BCUT2D eigenvalue weighted by Gasteiger charge is -2.32. The molecule has 1 saturated carbocycles. The Balaban J connectivity index is 2.24. The normalized spacial score (nSPS) is 28.0. The van der Waals surface area contributed by atoms with Crippen LogP contribution in [0.2, 0.25) is 0 Å². The summed E-state index contributed by atoms with van der Waals surface area (Å²) >= 11 is 0. The minimum atomic E-state index is -0.514. The molecule has 15 heavy (non-hydrogen) atoms. The summed E-state index contributed by atoms with van der Waals surface area (Å²) < 4.78 is 0. The van der Waals surface area contributed by atoms with E-state index in [2.05, 4.69) is 5.32 Å². The van der Waals surface area contributed by atoms with Gasteiger partial charge in [0.2, 0.25) is 0 Å². The molecule has 0 aromatic heterocycles. The van der Waals surface area contributed by atoms with Crippen LogP contribution >= 0.6 is 0 Å². The first-order valence-corrected chi connectivity index (χ1v) is 6.31. The van der Waals surface area contributed by atoms with Crippen LogP contribution in [-0.4, -0.2) is 29.3 Å². The molecule has 1 fully saturated rings. The Morgan fingerprint density at radius 3 is 2.20 bits per heavy atom. The number of aliphatic hydroxyl groups is 1. The van der Waals surface area contributed by atoms with Crippen molar-refractivity contribution in [3.8, 4) is 0 Å². The molecular formula is C12H26N2O. The number of nitrogens with one attached hydrogen (secondary N) is 1. The molecule has 1 rings (SSSR count). The molecular weight excluding hydrogens is 188 g/mol. The van der Waals surface area contributed by atoms with Crippen molar-refractivity contribution in [1.82, 2.24) is 5.32 Å². The highest BCUT2D eigenvalue weighted by Gasteiger charge is 2.24. The summed E-state index contributed by atoms with van der Waals surface area (Å²) in [6.45, 7) is 4.81. The molecule has 0 unspecified atom stereocenters. The van der Waals surface area contributed by atoms with Gasteiger partial charge in [0.1, 0.15) is 0 Å². The van der Waals surface area contributed by atoms with E-state index in [9.17, 15) is 5.11 Å².